The van der Waals surface area contributed by atoms with Crippen molar-refractivity contribution >= 4 is 22.9 Å². The van der Waals surface area contributed by atoms with Crippen LogP contribution in [0.4, 0.5) is 5.69 Å². The zero-order chi connectivity index (χ0) is 21.3. The molecular weight excluding hydrogens is 398 g/mol. The first kappa shape index (κ1) is 19.8. The minimum absolute atomic E-state index is 0.123. The Bertz CT molecular complexity index is 1190. The molecule has 1 aromatic carbocycles. The van der Waals surface area contributed by atoms with E-state index in [1.165, 1.54) is 11.3 Å². The van der Waals surface area contributed by atoms with Gasteiger partial charge in [0.15, 0.2) is 5.82 Å². The molecule has 7 nitrogen and oxygen atoms in total. The molecule has 0 atom stereocenters. The molecule has 1 amide bonds. The third-order valence-corrected chi connectivity index (χ3v) is 5.83. The molecule has 3 aromatic heterocycles. The van der Waals surface area contributed by atoms with E-state index in [1.807, 2.05) is 45.2 Å². The number of ether oxygens (including phenoxy) is 1. The number of anilines is 1. The Balaban J connectivity index is 1.42. The van der Waals surface area contributed by atoms with E-state index in [4.69, 9.17) is 4.74 Å². The van der Waals surface area contributed by atoms with E-state index in [-0.39, 0.29) is 5.91 Å². The molecule has 1 N–H and O–H groups in total. The highest BCUT2D eigenvalue weighted by Gasteiger charge is 2.11. The Labute approximate surface area is 178 Å². The summed E-state index contributed by atoms with van der Waals surface area (Å²) in [5, 5.41) is 17.7. The number of rotatable bonds is 5. The van der Waals surface area contributed by atoms with Crippen molar-refractivity contribution in [2.75, 3.05) is 5.32 Å². The van der Waals surface area contributed by atoms with Crippen molar-refractivity contribution in [3.63, 3.8) is 0 Å². The Kier molecular flexibility index (Phi) is 5.33. The predicted octanol–water partition coefficient (Wildman–Crippen LogP) is 5.00. The lowest BCUT2D eigenvalue weighted by Crippen LogP contribution is -2.09. The maximum atomic E-state index is 12.2. The van der Waals surface area contributed by atoms with Gasteiger partial charge in [-0.15, -0.1) is 21.5 Å². The van der Waals surface area contributed by atoms with Gasteiger partial charge < -0.3 is 10.1 Å². The van der Waals surface area contributed by atoms with Crippen molar-refractivity contribution in [1.82, 2.24) is 20.0 Å². The number of carbonyl (C=O) groups is 1. The Morgan fingerprint density at radius 3 is 2.37 bits per heavy atom. The lowest BCUT2D eigenvalue weighted by Gasteiger charge is -2.08. The number of hydrogen-bond acceptors (Lipinski definition) is 6. The molecule has 30 heavy (non-hydrogen) atoms. The lowest BCUT2D eigenvalue weighted by molar-refractivity contribution is 0.103. The molecule has 0 unspecified atom stereocenters. The van der Waals surface area contributed by atoms with E-state index < -0.39 is 0 Å². The summed E-state index contributed by atoms with van der Waals surface area (Å²) in [4.78, 5) is 12.9. The predicted molar refractivity (Wildman–Crippen MR) is 117 cm³/mol. The highest BCUT2D eigenvalue weighted by molar-refractivity contribution is 7.12. The van der Waals surface area contributed by atoms with Crippen LogP contribution in [0.1, 0.15) is 32.2 Å². The zero-order valence-corrected chi connectivity index (χ0v) is 17.9. The molecule has 3 heterocycles. The SMILES string of the molecule is Cc1csc(C(=O)Nc2ccc(Oc3ccc(-n4nc(C)c(C)c4C)nn3)cc2)c1. The molecular formula is C22H21N5O2S. The summed E-state index contributed by atoms with van der Waals surface area (Å²) in [7, 11) is 0. The van der Waals surface area contributed by atoms with Crippen molar-refractivity contribution in [3.05, 3.63) is 75.2 Å². The number of nitrogens with zero attached hydrogens (tertiary/aromatic N) is 4. The van der Waals surface area contributed by atoms with Crippen LogP contribution in [0.15, 0.2) is 47.8 Å². The molecule has 0 aliphatic heterocycles. The zero-order valence-electron chi connectivity index (χ0n) is 17.1. The Morgan fingerprint density at radius 2 is 1.80 bits per heavy atom. The van der Waals surface area contributed by atoms with E-state index in [2.05, 4.69) is 20.6 Å². The van der Waals surface area contributed by atoms with Crippen LogP contribution in [0.25, 0.3) is 5.82 Å². The summed E-state index contributed by atoms with van der Waals surface area (Å²) in [6.07, 6.45) is 0. The van der Waals surface area contributed by atoms with Crippen molar-refractivity contribution in [1.29, 1.82) is 0 Å². The van der Waals surface area contributed by atoms with Gasteiger partial charge >= 0.3 is 0 Å². The Morgan fingerprint density at radius 1 is 1.03 bits per heavy atom. The van der Waals surface area contributed by atoms with Crippen LogP contribution in [-0.4, -0.2) is 25.9 Å². The average molecular weight is 420 g/mol. The van der Waals surface area contributed by atoms with Crippen LogP contribution >= 0.6 is 11.3 Å². The second-order valence-corrected chi connectivity index (χ2v) is 7.92. The molecule has 8 heteroatoms. The van der Waals surface area contributed by atoms with Gasteiger partial charge in [-0.05, 0) is 80.6 Å². The third-order valence-electron chi connectivity index (χ3n) is 4.79. The third kappa shape index (κ3) is 4.08. The van der Waals surface area contributed by atoms with E-state index in [0.29, 0.717) is 28.0 Å². The van der Waals surface area contributed by atoms with Crippen molar-refractivity contribution in [2.24, 2.45) is 0 Å². The van der Waals surface area contributed by atoms with E-state index in [1.54, 1.807) is 35.0 Å². The van der Waals surface area contributed by atoms with Crippen molar-refractivity contribution in [2.45, 2.75) is 27.7 Å². The number of hydrogen-bond donors (Lipinski definition) is 1. The van der Waals surface area contributed by atoms with E-state index in [9.17, 15) is 4.79 Å². The number of thiophene rings is 1. The van der Waals surface area contributed by atoms with Gasteiger partial charge in [0.1, 0.15) is 5.75 Å². The van der Waals surface area contributed by atoms with Gasteiger partial charge in [0, 0.05) is 17.4 Å². The maximum Gasteiger partial charge on any atom is 0.265 e. The average Bonchev–Trinajstić information content (AvgIpc) is 3.29. The smallest absolute Gasteiger partial charge is 0.265 e. The first-order valence-corrected chi connectivity index (χ1v) is 10.3. The second-order valence-electron chi connectivity index (χ2n) is 7.01. The van der Waals surface area contributed by atoms with Gasteiger partial charge in [-0.25, -0.2) is 4.68 Å². The van der Waals surface area contributed by atoms with Crippen molar-refractivity contribution in [3.8, 4) is 17.4 Å². The molecule has 0 radical (unpaired) electrons. The first-order valence-electron chi connectivity index (χ1n) is 9.42. The van der Waals surface area contributed by atoms with E-state index in [0.717, 1.165) is 22.5 Å². The highest BCUT2D eigenvalue weighted by Crippen LogP contribution is 2.23. The Hall–Kier alpha value is -3.52. The molecule has 0 saturated heterocycles. The summed E-state index contributed by atoms with van der Waals surface area (Å²) in [6, 6.07) is 12.6. The molecule has 0 saturated carbocycles. The number of nitrogens with one attached hydrogen (secondary N) is 1. The van der Waals surface area contributed by atoms with Crippen LogP contribution in [0.5, 0.6) is 11.6 Å². The monoisotopic (exact) mass is 419 g/mol. The number of aromatic nitrogens is 4. The molecule has 0 fully saturated rings. The molecule has 0 aliphatic rings. The minimum Gasteiger partial charge on any atom is -0.438 e. The van der Waals surface area contributed by atoms with Crippen LogP contribution < -0.4 is 10.1 Å². The highest BCUT2D eigenvalue weighted by atomic mass is 32.1. The van der Waals surface area contributed by atoms with Crippen LogP contribution in [0.2, 0.25) is 0 Å². The molecule has 4 rings (SSSR count). The maximum absolute atomic E-state index is 12.2. The molecule has 0 bridgehead atoms. The second kappa shape index (κ2) is 8.08. The summed E-state index contributed by atoms with van der Waals surface area (Å²) < 4.78 is 7.53. The fraction of sp³-hybridized carbons (Fsp3) is 0.182. The largest absolute Gasteiger partial charge is 0.438 e. The quantitative estimate of drug-likeness (QED) is 0.492. The molecule has 152 valence electrons. The van der Waals surface area contributed by atoms with Crippen LogP contribution in [0, 0.1) is 27.7 Å². The standard InChI is InChI=1S/C22H21N5O2S/c1-13-11-19(30-12-13)22(28)23-17-5-7-18(8-6-17)29-21-10-9-20(24-25-21)27-16(4)14(2)15(3)26-27/h5-12H,1-4H3,(H,23,28). The lowest BCUT2D eigenvalue weighted by atomic mass is 10.2. The number of carbonyl (C=O) groups excluding carboxylic acids is 1. The number of benzene rings is 1. The molecule has 0 spiro atoms. The van der Waals surface area contributed by atoms with Gasteiger partial charge in [0.2, 0.25) is 5.88 Å². The van der Waals surface area contributed by atoms with Gasteiger partial charge in [0.25, 0.3) is 5.91 Å². The summed E-state index contributed by atoms with van der Waals surface area (Å²) in [6.45, 7) is 7.97. The van der Waals surface area contributed by atoms with Gasteiger partial charge in [-0.2, -0.15) is 5.10 Å². The van der Waals surface area contributed by atoms with Crippen molar-refractivity contribution < 1.29 is 9.53 Å². The number of aryl methyl sites for hydroxylation is 2. The summed E-state index contributed by atoms with van der Waals surface area (Å²) in [5.74, 6) is 1.49. The minimum atomic E-state index is -0.123. The topological polar surface area (TPSA) is 81.9 Å². The van der Waals surface area contributed by atoms with Crippen LogP contribution in [0.3, 0.4) is 0 Å². The number of amides is 1. The fourth-order valence-electron chi connectivity index (χ4n) is 2.89. The van der Waals surface area contributed by atoms with E-state index >= 15 is 0 Å². The summed E-state index contributed by atoms with van der Waals surface area (Å²) >= 11 is 1.43. The van der Waals surface area contributed by atoms with Gasteiger partial charge in [0.05, 0.1) is 10.6 Å². The normalized spacial score (nSPS) is 10.8. The van der Waals surface area contributed by atoms with Gasteiger partial charge in [-0.3, -0.25) is 4.79 Å². The first-order chi connectivity index (χ1) is 14.4. The fourth-order valence-corrected chi connectivity index (χ4v) is 3.69. The molecule has 0 aliphatic carbocycles. The van der Waals surface area contributed by atoms with Gasteiger partial charge in [-0.1, -0.05) is 0 Å². The molecule has 4 aromatic rings. The van der Waals surface area contributed by atoms with Crippen LogP contribution in [-0.2, 0) is 0 Å². The summed E-state index contributed by atoms with van der Waals surface area (Å²) in [5.41, 5.74) is 4.91.